The highest BCUT2D eigenvalue weighted by Gasteiger charge is 2.44. The van der Waals surface area contributed by atoms with Gasteiger partial charge in [-0.1, -0.05) is 42.5 Å². The number of rotatable bonds is 8. The van der Waals surface area contributed by atoms with Gasteiger partial charge in [0.25, 0.3) is 0 Å². The summed E-state index contributed by atoms with van der Waals surface area (Å²) in [7, 11) is 0. The SMILES string of the molecule is O=C(O)c1ccc(CCC2C(=CNOCc3ccccc3)C3CCC2O3)cc1. The molecule has 0 aliphatic carbocycles. The van der Waals surface area contributed by atoms with Crippen LogP contribution in [0.2, 0.25) is 0 Å². The third-order valence-electron chi connectivity index (χ3n) is 5.64. The summed E-state index contributed by atoms with van der Waals surface area (Å²) in [5.74, 6) is -0.509. The second-order valence-corrected chi connectivity index (χ2v) is 7.42. The van der Waals surface area contributed by atoms with Gasteiger partial charge in [0.15, 0.2) is 0 Å². The van der Waals surface area contributed by atoms with E-state index in [0.717, 1.165) is 36.8 Å². The number of carbonyl (C=O) groups is 1. The Morgan fingerprint density at radius 2 is 1.89 bits per heavy atom. The molecule has 28 heavy (non-hydrogen) atoms. The first-order valence-corrected chi connectivity index (χ1v) is 9.79. The Bertz CT molecular complexity index is 831. The van der Waals surface area contributed by atoms with E-state index < -0.39 is 5.97 Å². The highest BCUT2D eigenvalue weighted by atomic mass is 16.6. The van der Waals surface area contributed by atoms with Crippen LogP contribution in [-0.4, -0.2) is 23.3 Å². The van der Waals surface area contributed by atoms with Gasteiger partial charge in [-0.15, -0.1) is 0 Å². The first kappa shape index (κ1) is 18.7. The molecule has 3 atom stereocenters. The lowest BCUT2D eigenvalue weighted by atomic mass is 9.81. The van der Waals surface area contributed by atoms with E-state index >= 15 is 0 Å². The van der Waals surface area contributed by atoms with Crippen molar-refractivity contribution in [1.29, 1.82) is 0 Å². The number of benzene rings is 2. The Labute approximate surface area is 164 Å². The van der Waals surface area contributed by atoms with Gasteiger partial charge in [-0.25, -0.2) is 4.79 Å². The molecule has 4 rings (SSSR count). The number of hydrogen-bond donors (Lipinski definition) is 2. The smallest absolute Gasteiger partial charge is 0.335 e. The molecule has 2 aromatic rings. The number of fused-ring (bicyclic) bond motifs is 2. The topological polar surface area (TPSA) is 67.8 Å². The summed E-state index contributed by atoms with van der Waals surface area (Å²) >= 11 is 0. The molecule has 0 amide bonds. The molecule has 2 saturated heterocycles. The summed E-state index contributed by atoms with van der Waals surface area (Å²) in [4.78, 5) is 16.6. The third kappa shape index (κ3) is 4.26. The first-order valence-electron chi connectivity index (χ1n) is 9.79. The monoisotopic (exact) mass is 379 g/mol. The molecule has 2 fully saturated rings. The lowest BCUT2D eigenvalue weighted by molar-refractivity contribution is 0.0560. The van der Waals surface area contributed by atoms with Crippen molar-refractivity contribution in [2.75, 3.05) is 0 Å². The van der Waals surface area contributed by atoms with Crippen molar-refractivity contribution in [3.63, 3.8) is 0 Å². The van der Waals surface area contributed by atoms with Crippen molar-refractivity contribution in [2.45, 2.75) is 44.5 Å². The second-order valence-electron chi connectivity index (χ2n) is 7.42. The molecular formula is C23H25NO4. The zero-order valence-corrected chi connectivity index (χ0v) is 15.7. The van der Waals surface area contributed by atoms with Gasteiger partial charge in [0.1, 0.15) is 0 Å². The third-order valence-corrected chi connectivity index (χ3v) is 5.64. The Kier molecular flexibility index (Phi) is 5.74. The van der Waals surface area contributed by atoms with Crippen LogP contribution >= 0.6 is 0 Å². The molecule has 2 N–H and O–H groups in total. The van der Waals surface area contributed by atoms with E-state index in [1.807, 2.05) is 48.7 Å². The summed E-state index contributed by atoms with van der Waals surface area (Å²) in [5, 5.41) is 9.02. The lowest BCUT2D eigenvalue weighted by Gasteiger charge is -2.22. The van der Waals surface area contributed by atoms with Crippen LogP contribution in [0.5, 0.6) is 0 Å². The number of nitrogens with one attached hydrogen (secondary N) is 1. The molecule has 2 aromatic carbocycles. The number of carboxylic acid groups (broad SMARTS) is 1. The molecule has 2 bridgehead atoms. The predicted octanol–water partition coefficient (Wildman–Crippen LogP) is 4.10. The minimum absolute atomic E-state index is 0.192. The zero-order valence-electron chi connectivity index (χ0n) is 15.7. The second kappa shape index (κ2) is 8.59. The quantitative estimate of drug-likeness (QED) is 0.534. The highest BCUT2D eigenvalue weighted by Crippen LogP contribution is 2.44. The maximum absolute atomic E-state index is 11.0. The van der Waals surface area contributed by atoms with Crippen LogP contribution in [0.4, 0.5) is 0 Å². The fourth-order valence-electron chi connectivity index (χ4n) is 4.16. The standard InChI is InChI=1S/C23H25NO4/c25-23(26)18-9-6-16(7-10-18)8-11-19-20(22-13-12-21(19)28-22)14-24-27-15-17-4-2-1-3-5-17/h1-7,9-10,14,19,21-22,24H,8,11-13,15H2,(H,25,26). The zero-order chi connectivity index (χ0) is 19.3. The van der Waals surface area contributed by atoms with E-state index in [0.29, 0.717) is 18.1 Å². The van der Waals surface area contributed by atoms with Gasteiger partial charge in [-0.3, -0.25) is 10.3 Å². The molecule has 5 nitrogen and oxygen atoms in total. The van der Waals surface area contributed by atoms with Crippen molar-refractivity contribution in [3.8, 4) is 0 Å². The number of ether oxygens (including phenoxy) is 1. The van der Waals surface area contributed by atoms with Crippen molar-refractivity contribution in [2.24, 2.45) is 5.92 Å². The molecule has 3 unspecified atom stereocenters. The summed E-state index contributed by atoms with van der Waals surface area (Å²) < 4.78 is 6.11. The van der Waals surface area contributed by atoms with Gasteiger partial charge >= 0.3 is 5.97 Å². The van der Waals surface area contributed by atoms with Crippen molar-refractivity contribution < 1.29 is 19.5 Å². The first-order chi connectivity index (χ1) is 13.7. The molecule has 0 saturated carbocycles. The summed E-state index contributed by atoms with van der Waals surface area (Å²) in [6.07, 6.45) is 6.52. The molecule has 0 radical (unpaired) electrons. The fraction of sp³-hybridized carbons (Fsp3) is 0.348. The van der Waals surface area contributed by atoms with Crippen molar-refractivity contribution in [3.05, 3.63) is 83.1 Å². The summed E-state index contributed by atoms with van der Waals surface area (Å²) in [5.41, 5.74) is 6.89. The van der Waals surface area contributed by atoms with Crippen LogP contribution < -0.4 is 5.48 Å². The largest absolute Gasteiger partial charge is 0.478 e. The minimum atomic E-state index is -0.889. The van der Waals surface area contributed by atoms with Crippen LogP contribution in [0.1, 0.15) is 40.7 Å². The number of aromatic carboxylic acids is 1. The lowest BCUT2D eigenvalue weighted by Crippen LogP contribution is -2.22. The van der Waals surface area contributed by atoms with E-state index in [2.05, 4.69) is 5.48 Å². The van der Waals surface area contributed by atoms with E-state index in [1.165, 1.54) is 5.57 Å². The van der Waals surface area contributed by atoms with Crippen molar-refractivity contribution in [1.82, 2.24) is 5.48 Å². The Balaban J connectivity index is 1.33. The van der Waals surface area contributed by atoms with Crippen LogP contribution in [0, 0.1) is 5.92 Å². The Morgan fingerprint density at radius 3 is 2.64 bits per heavy atom. The van der Waals surface area contributed by atoms with Crippen LogP contribution in [0.3, 0.4) is 0 Å². The van der Waals surface area contributed by atoms with E-state index in [-0.39, 0.29) is 12.2 Å². The average molecular weight is 379 g/mol. The Morgan fingerprint density at radius 1 is 1.11 bits per heavy atom. The number of carboxylic acids is 1. The fourth-order valence-corrected chi connectivity index (χ4v) is 4.16. The minimum Gasteiger partial charge on any atom is -0.478 e. The van der Waals surface area contributed by atoms with Crippen LogP contribution in [0.15, 0.2) is 66.4 Å². The van der Waals surface area contributed by atoms with Crippen LogP contribution in [0.25, 0.3) is 0 Å². The molecule has 0 aromatic heterocycles. The van der Waals surface area contributed by atoms with Gasteiger partial charge in [0.05, 0.1) is 24.4 Å². The normalized spacial score (nSPS) is 24.6. The van der Waals surface area contributed by atoms with Gasteiger partial charge in [0, 0.05) is 12.1 Å². The van der Waals surface area contributed by atoms with Gasteiger partial charge < -0.3 is 9.84 Å². The molecule has 2 heterocycles. The molecule has 5 heteroatoms. The summed E-state index contributed by atoms with van der Waals surface area (Å²) in [6, 6.07) is 17.2. The van der Waals surface area contributed by atoms with Crippen LogP contribution in [-0.2, 0) is 22.6 Å². The predicted molar refractivity (Wildman–Crippen MR) is 106 cm³/mol. The molecule has 2 aliphatic heterocycles. The molecule has 2 aliphatic rings. The Hall–Kier alpha value is -2.63. The van der Waals surface area contributed by atoms with E-state index in [9.17, 15) is 4.79 Å². The number of aryl methyl sites for hydroxylation is 1. The maximum atomic E-state index is 11.0. The average Bonchev–Trinajstić information content (AvgIpc) is 3.32. The number of hydrogen-bond acceptors (Lipinski definition) is 4. The number of hydroxylamine groups is 1. The maximum Gasteiger partial charge on any atom is 0.335 e. The van der Waals surface area contributed by atoms with E-state index in [4.69, 9.17) is 14.7 Å². The highest BCUT2D eigenvalue weighted by molar-refractivity contribution is 5.87. The molecule has 0 spiro atoms. The molecule has 146 valence electrons. The van der Waals surface area contributed by atoms with Gasteiger partial charge in [0.2, 0.25) is 0 Å². The summed E-state index contributed by atoms with van der Waals surface area (Å²) in [6.45, 7) is 0.514. The van der Waals surface area contributed by atoms with Gasteiger partial charge in [-0.05, 0) is 54.5 Å². The van der Waals surface area contributed by atoms with Crippen molar-refractivity contribution >= 4 is 5.97 Å². The van der Waals surface area contributed by atoms with Gasteiger partial charge in [-0.2, -0.15) is 0 Å². The van der Waals surface area contributed by atoms with E-state index in [1.54, 1.807) is 12.1 Å². The molecular weight excluding hydrogens is 354 g/mol.